The van der Waals surface area contributed by atoms with Crippen molar-refractivity contribution in [1.29, 1.82) is 0 Å². The van der Waals surface area contributed by atoms with Crippen molar-refractivity contribution in [3.8, 4) is 0 Å². The topological polar surface area (TPSA) is 40.6 Å². The molecule has 2 aromatic rings. The van der Waals surface area contributed by atoms with Crippen LogP contribution in [-0.2, 0) is 4.79 Å². The Kier molecular flexibility index (Phi) is 5.00. The van der Waals surface area contributed by atoms with Crippen molar-refractivity contribution in [2.45, 2.75) is 26.8 Å². The first kappa shape index (κ1) is 17.7. The molecule has 0 aromatic heterocycles. The number of hydrogen-bond donors (Lipinski definition) is 0. The maximum Gasteiger partial charge on any atom is 0.255 e. The van der Waals surface area contributed by atoms with E-state index in [4.69, 9.17) is 11.6 Å². The number of hydrogen-bond acceptors (Lipinski definition) is 2. The highest BCUT2D eigenvalue weighted by Gasteiger charge is 2.35. The van der Waals surface area contributed by atoms with Gasteiger partial charge in [0.05, 0.1) is 0 Å². The van der Waals surface area contributed by atoms with E-state index in [1.165, 1.54) is 0 Å². The van der Waals surface area contributed by atoms with Crippen molar-refractivity contribution >= 4 is 34.2 Å². The number of halogens is 1. The zero-order chi connectivity index (χ0) is 18.1. The van der Waals surface area contributed by atoms with E-state index < -0.39 is 6.04 Å². The fraction of sp³-hybridized carbons (Fsp3) is 0.400. The van der Waals surface area contributed by atoms with E-state index in [2.05, 4.69) is 13.8 Å². The van der Waals surface area contributed by atoms with Gasteiger partial charge < -0.3 is 9.80 Å². The number of amides is 2. The van der Waals surface area contributed by atoms with Gasteiger partial charge in [0.1, 0.15) is 6.04 Å². The molecule has 5 heteroatoms. The molecule has 1 aliphatic heterocycles. The Balaban J connectivity index is 1.90. The molecular weight excluding hydrogens is 336 g/mol. The van der Waals surface area contributed by atoms with Crippen LogP contribution < -0.4 is 0 Å². The maximum atomic E-state index is 13.1. The summed E-state index contributed by atoms with van der Waals surface area (Å²) in [5.74, 6) is 0.322. The van der Waals surface area contributed by atoms with E-state index in [1.54, 1.807) is 11.0 Å². The molecule has 4 nitrogen and oxygen atoms in total. The van der Waals surface area contributed by atoms with Crippen LogP contribution in [0.3, 0.4) is 0 Å². The zero-order valence-electron chi connectivity index (χ0n) is 14.8. The number of carbonyl (C=O) groups excluding carboxylic acids is 2. The van der Waals surface area contributed by atoms with Gasteiger partial charge in [0.25, 0.3) is 5.91 Å². The minimum absolute atomic E-state index is 0.0200. The molecule has 25 heavy (non-hydrogen) atoms. The molecule has 0 bridgehead atoms. The van der Waals surface area contributed by atoms with Crippen LogP contribution in [0, 0.1) is 5.92 Å². The van der Waals surface area contributed by atoms with Crippen LogP contribution in [0.4, 0.5) is 0 Å². The molecule has 2 amide bonds. The smallest absolute Gasteiger partial charge is 0.255 e. The van der Waals surface area contributed by atoms with Gasteiger partial charge >= 0.3 is 0 Å². The number of benzene rings is 2. The molecule has 1 aliphatic rings. The van der Waals surface area contributed by atoms with Gasteiger partial charge in [-0.3, -0.25) is 9.59 Å². The lowest BCUT2D eigenvalue weighted by molar-refractivity contribution is -0.140. The number of piperazine rings is 1. The molecule has 0 N–H and O–H groups in total. The molecule has 1 heterocycles. The highest BCUT2D eigenvalue weighted by atomic mass is 35.5. The van der Waals surface area contributed by atoms with Crippen LogP contribution in [0.1, 0.15) is 31.1 Å². The SMILES string of the molecule is CC(C)CN1CCN(C(=O)c2cccc3c(Cl)cccc23)[C@H](C)C1=O. The lowest BCUT2D eigenvalue weighted by atomic mass is 10.0. The van der Waals surface area contributed by atoms with Crippen molar-refractivity contribution < 1.29 is 9.59 Å². The summed E-state index contributed by atoms with van der Waals surface area (Å²) in [4.78, 5) is 29.3. The maximum absolute atomic E-state index is 13.1. The van der Waals surface area contributed by atoms with Gasteiger partial charge in [-0.2, -0.15) is 0 Å². The predicted molar refractivity (Wildman–Crippen MR) is 101 cm³/mol. The molecule has 1 saturated heterocycles. The Morgan fingerprint density at radius 1 is 1.16 bits per heavy atom. The van der Waals surface area contributed by atoms with Gasteiger partial charge in [0.2, 0.25) is 5.91 Å². The van der Waals surface area contributed by atoms with Crippen molar-refractivity contribution in [3.63, 3.8) is 0 Å². The fourth-order valence-electron chi connectivity index (χ4n) is 3.44. The highest BCUT2D eigenvalue weighted by molar-refractivity contribution is 6.36. The third kappa shape index (κ3) is 3.36. The molecular formula is C20H23ClN2O2. The van der Waals surface area contributed by atoms with Gasteiger partial charge in [0, 0.05) is 35.6 Å². The average Bonchev–Trinajstić information content (AvgIpc) is 2.58. The molecule has 1 atom stereocenters. The molecule has 0 aliphatic carbocycles. The Morgan fingerprint density at radius 3 is 2.56 bits per heavy atom. The van der Waals surface area contributed by atoms with Gasteiger partial charge in [-0.05, 0) is 30.4 Å². The molecule has 0 unspecified atom stereocenters. The summed E-state index contributed by atoms with van der Waals surface area (Å²) in [7, 11) is 0. The summed E-state index contributed by atoms with van der Waals surface area (Å²) in [5.41, 5.74) is 0.594. The van der Waals surface area contributed by atoms with Crippen molar-refractivity contribution in [1.82, 2.24) is 9.80 Å². The van der Waals surface area contributed by atoms with Crippen LogP contribution in [0.2, 0.25) is 5.02 Å². The van der Waals surface area contributed by atoms with Gasteiger partial charge in [-0.1, -0.05) is 49.7 Å². The number of rotatable bonds is 3. The highest BCUT2D eigenvalue weighted by Crippen LogP contribution is 2.27. The lowest BCUT2D eigenvalue weighted by Crippen LogP contribution is -2.58. The van der Waals surface area contributed by atoms with Crippen LogP contribution in [0.5, 0.6) is 0 Å². The standard InChI is InChI=1S/C20H23ClN2O2/c1-13(2)12-22-10-11-23(14(3)19(22)24)20(25)17-8-4-7-16-15(17)6-5-9-18(16)21/h4-9,13-14H,10-12H2,1-3H3/t14-/m1/s1. The lowest BCUT2D eigenvalue weighted by Gasteiger charge is -2.40. The second kappa shape index (κ2) is 7.04. The van der Waals surface area contributed by atoms with Gasteiger partial charge in [-0.25, -0.2) is 0 Å². The Morgan fingerprint density at radius 2 is 1.84 bits per heavy atom. The van der Waals surface area contributed by atoms with E-state index in [0.717, 1.165) is 17.3 Å². The van der Waals surface area contributed by atoms with E-state index in [0.29, 0.717) is 29.6 Å². The summed E-state index contributed by atoms with van der Waals surface area (Å²) in [6, 6.07) is 10.7. The summed E-state index contributed by atoms with van der Waals surface area (Å²) in [5, 5.41) is 2.30. The van der Waals surface area contributed by atoms with E-state index in [-0.39, 0.29) is 11.8 Å². The summed E-state index contributed by atoms with van der Waals surface area (Å²) in [6.07, 6.45) is 0. The van der Waals surface area contributed by atoms with Crippen LogP contribution in [0.15, 0.2) is 36.4 Å². The van der Waals surface area contributed by atoms with Crippen molar-refractivity contribution in [2.24, 2.45) is 5.92 Å². The molecule has 0 spiro atoms. The number of carbonyl (C=O) groups is 2. The van der Waals surface area contributed by atoms with Crippen LogP contribution >= 0.6 is 11.6 Å². The average molecular weight is 359 g/mol. The molecule has 0 saturated carbocycles. The largest absolute Gasteiger partial charge is 0.339 e. The molecule has 1 fully saturated rings. The fourth-order valence-corrected chi connectivity index (χ4v) is 3.68. The van der Waals surface area contributed by atoms with E-state index in [9.17, 15) is 9.59 Å². The minimum atomic E-state index is -0.450. The monoisotopic (exact) mass is 358 g/mol. The molecule has 0 radical (unpaired) electrons. The first-order valence-corrected chi connectivity index (χ1v) is 9.05. The first-order valence-electron chi connectivity index (χ1n) is 8.67. The summed E-state index contributed by atoms with van der Waals surface area (Å²) < 4.78 is 0. The van der Waals surface area contributed by atoms with E-state index >= 15 is 0 Å². The Labute approximate surface area is 153 Å². The van der Waals surface area contributed by atoms with Gasteiger partial charge in [-0.15, -0.1) is 0 Å². The molecule has 2 aromatic carbocycles. The Hall–Kier alpha value is -2.07. The normalized spacial score (nSPS) is 18.3. The van der Waals surface area contributed by atoms with E-state index in [1.807, 2.05) is 42.2 Å². The van der Waals surface area contributed by atoms with Crippen molar-refractivity contribution in [3.05, 3.63) is 47.0 Å². The molecule has 132 valence electrons. The quantitative estimate of drug-likeness (QED) is 0.836. The van der Waals surface area contributed by atoms with Crippen LogP contribution in [0.25, 0.3) is 10.8 Å². The van der Waals surface area contributed by atoms with Crippen molar-refractivity contribution in [2.75, 3.05) is 19.6 Å². The third-order valence-electron chi connectivity index (χ3n) is 4.69. The Bertz CT molecular complexity index is 818. The van der Waals surface area contributed by atoms with Crippen LogP contribution in [-0.4, -0.2) is 47.3 Å². The minimum Gasteiger partial charge on any atom is -0.339 e. The third-order valence-corrected chi connectivity index (χ3v) is 5.02. The van der Waals surface area contributed by atoms with Gasteiger partial charge in [0.15, 0.2) is 0 Å². The summed E-state index contributed by atoms with van der Waals surface area (Å²) in [6.45, 7) is 7.86. The number of fused-ring (bicyclic) bond motifs is 1. The number of nitrogens with zero attached hydrogens (tertiary/aromatic N) is 2. The first-order chi connectivity index (χ1) is 11.9. The predicted octanol–water partition coefficient (Wildman–Crippen LogP) is 3.82. The zero-order valence-corrected chi connectivity index (χ0v) is 15.6. The second-order valence-electron chi connectivity index (χ2n) is 6.99. The summed E-state index contributed by atoms with van der Waals surface area (Å²) >= 11 is 6.25. The molecule has 3 rings (SSSR count). The second-order valence-corrected chi connectivity index (χ2v) is 7.40.